The van der Waals surface area contributed by atoms with E-state index in [-0.39, 0.29) is 12.1 Å². The van der Waals surface area contributed by atoms with Crippen LogP contribution in [0.1, 0.15) is 52.3 Å². The summed E-state index contributed by atoms with van der Waals surface area (Å²) in [4.78, 5) is 20.3. The number of amides is 1. The number of ether oxygens (including phenoxy) is 1. The number of hydrogen-bond acceptors (Lipinski definition) is 4. The molecule has 2 saturated carbocycles. The summed E-state index contributed by atoms with van der Waals surface area (Å²) in [6, 6.07) is 2.13. The Morgan fingerprint density at radius 2 is 1.91 bits per heavy atom. The van der Waals surface area contributed by atoms with E-state index in [1.54, 1.807) is 12.4 Å². The molecule has 1 amide bonds. The van der Waals surface area contributed by atoms with Crippen molar-refractivity contribution in [3.8, 4) is 0 Å². The second kappa shape index (κ2) is 5.52. The molecule has 5 nitrogen and oxygen atoms in total. The maximum Gasteiger partial charge on any atom is 0.407 e. The minimum Gasteiger partial charge on any atom is -0.444 e. The Morgan fingerprint density at radius 1 is 1.27 bits per heavy atom. The lowest BCUT2D eigenvalue weighted by Crippen LogP contribution is -2.57. The minimum atomic E-state index is -0.428. The van der Waals surface area contributed by atoms with Crippen LogP contribution in [0.15, 0.2) is 18.5 Å². The number of carbonyl (C=O) groups excluding carboxylic acids is 1. The highest BCUT2D eigenvalue weighted by Gasteiger charge is 2.53. The van der Waals surface area contributed by atoms with Gasteiger partial charge in [-0.2, -0.15) is 0 Å². The zero-order valence-electron chi connectivity index (χ0n) is 13.6. The molecular formula is C17H25N3O2. The molecule has 0 aromatic carbocycles. The molecule has 0 aliphatic heterocycles. The average molecular weight is 303 g/mol. The molecule has 0 unspecified atom stereocenters. The van der Waals surface area contributed by atoms with Gasteiger partial charge < -0.3 is 10.1 Å². The minimum absolute atomic E-state index is 0.281. The van der Waals surface area contributed by atoms with Crippen molar-refractivity contribution in [2.24, 2.45) is 11.3 Å². The molecule has 0 radical (unpaired) electrons. The molecule has 0 atom stereocenters. The topological polar surface area (TPSA) is 64.1 Å². The van der Waals surface area contributed by atoms with Crippen LogP contribution < -0.4 is 5.32 Å². The van der Waals surface area contributed by atoms with E-state index in [0.29, 0.717) is 11.3 Å². The van der Waals surface area contributed by atoms with Gasteiger partial charge in [-0.05, 0) is 63.9 Å². The molecule has 2 aliphatic rings. The van der Waals surface area contributed by atoms with Gasteiger partial charge in [-0.15, -0.1) is 0 Å². The fourth-order valence-corrected chi connectivity index (χ4v) is 3.90. The molecule has 5 heteroatoms. The fraction of sp³-hybridized carbons (Fsp3) is 0.706. The third-order valence-electron chi connectivity index (χ3n) is 4.61. The lowest BCUT2D eigenvalue weighted by molar-refractivity contribution is -0.0511. The van der Waals surface area contributed by atoms with Gasteiger partial charge in [-0.1, -0.05) is 0 Å². The van der Waals surface area contributed by atoms with E-state index in [9.17, 15) is 4.79 Å². The van der Waals surface area contributed by atoms with Gasteiger partial charge in [0.2, 0.25) is 0 Å². The second-order valence-corrected chi connectivity index (χ2v) is 7.89. The number of rotatable bonds is 3. The van der Waals surface area contributed by atoms with Crippen molar-refractivity contribution in [1.29, 1.82) is 0 Å². The van der Waals surface area contributed by atoms with Crippen LogP contribution >= 0.6 is 0 Å². The van der Waals surface area contributed by atoms with Gasteiger partial charge in [0, 0.05) is 24.9 Å². The summed E-state index contributed by atoms with van der Waals surface area (Å²) in [5.74, 6) is 1.65. The molecular weight excluding hydrogens is 278 g/mol. The molecule has 0 bridgehead atoms. The van der Waals surface area contributed by atoms with Gasteiger partial charge in [0.25, 0.3) is 0 Å². The zero-order valence-corrected chi connectivity index (χ0v) is 13.6. The molecule has 1 aromatic heterocycles. The third-order valence-corrected chi connectivity index (χ3v) is 4.61. The lowest BCUT2D eigenvalue weighted by Gasteiger charge is -2.57. The van der Waals surface area contributed by atoms with E-state index in [1.807, 2.05) is 26.8 Å². The molecule has 1 heterocycles. The molecule has 3 rings (SSSR count). The van der Waals surface area contributed by atoms with E-state index in [4.69, 9.17) is 4.74 Å². The number of alkyl carbamates (subject to hydrolysis) is 1. The summed E-state index contributed by atoms with van der Waals surface area (Å²) >= 11 is 0. The highest BCUT2D eigenvalue weighted by Crippen LogP contribution is 2.59. The van der Waals surface area contributed by atoms with Crippen LogP contribution in [0.25, 0.3) is 0 Å². The molecule has 1 aromatic rings. The van der Waals surface area contributed by atoms with Crippen molar-refractivity contribution in [1.82, 2.24) is 15.3 Å². The molecule has 0 saturated heterocycles. The Hall–Kier alpha value is -1.65. The maximum absolute atomic E-state index is 11.7. The SMILES string of the molecule is CC(C)(C)OC(=O)NC1CC2(CC(Cc3ncccn3)C2)C1. The Labute approximate surface area is 131 Å². The van der Waals surface area contributed by atoms with E-state index in [1.165, 1.54) is 12.8 Å². The van der Waals surface area contributed by atoms with Crippen molar-refractivity contribution in [3.05, 3.63) is 24.3 Å². The summed E-state index contributed by atoms with van der Waals surface area (Å²) in [6.07, 6.45) is 8.93. The largest absolute Gasteiger partial charge is 0.444 e. The number of aromatic nitrogens is 2. The van der Waals surface area contributed by atoms with Crippen molar-refractivity contribution in [3.63, 3.8) is 0 Å². The first kappa shape index (κ1) is 15.3. The molecule has 1 spiro atoms. The van der Waals surface area contributed by atoms with Gasteiger partial charge in [-0.25, -0.2) is 14.8 Å². The van der Waals surface area contributed by atoms with E-state index < -0.39 is 5.60 Å². The van der Waals surface area contributed by atoms with Crippen LogP contribution in [-0.4, -0.2) is 27.7 Å². The Morgan fingerprint density at radius 3 is 2.50 bits per heavy atom. The van der Waals surface area contributed by atoms with Gasteiger partial charge in [0.05, 0.1) is 0 Å². The summed E-state index contributed by atoms with van der Waals surface area (Å²) in [5, 5.41) is 2.97. The molecule has 1 N–H and O–H groups in total. The quantitative estimate of drug-likeness (QED) is 0.932. The Bertz CT molecular complexity index is 525. The maximum atomic E-state index is 11.7. The second-order valence-electron chi connectivity index (χ2n) is 7.89. The third kappa shape index (κ3) is 3.57. The summed E-state index contributed by atoms with van der Waals surface area (Å²) < 4.78 is 5.30. The summed E-state index contributed by atoms with van der Waals surface area (Å²) in [6.45, 7) is 5.66. The first-order chi connectivity index (χ1) is 10.3. The number of hydrogen-bond donors (Lipinski definition) is 1. The fourth-order valence-electron chi connectivity index (χ4n) is 3.90. The van der Waals surface area contributed by atoms with Gasteiger partial charge in [0.1, 0.15) is 11.4 Å². The average Bonchev–Trinajstić information content (AvgIpc) is 2.32. The van der Waals surface area contributed by atoms with E-state index >= 15 is 0 Å². The van der Waals surface area contributed by atoms with Crippen LogP contribution in [-0.2, 0) is 11.2 Å². The van der Waals surface area contributed by atoms with Crippen molar-refractivity contribution >= 4 is 6.09 Å². The first-order valence-corrected chi connectivity index (χ1v) is 8.09. The highest BCUT2D eigenvalue weighted by atomic mass is 16.6. The zero-order chi connectivity index (χ0) is 15.8. The molecule has 22 heavy (non-hydrogen) atoms. The van der Waals surface area contributed by atoms with Crippen LogP contribution in [0.5, 0.6) is 0 Å². The monoisotopic (exact) mass is 303 g/mol. The smallest absolute Gasteiger partial charge is 0.407 e. The van der Waals surface area contributed by atoms with Crippen molar-refractivity contribution < 1.29 is 9.53 Å². The Balaban J connectivity index is 1.37. The molecule has 2 fully saturated rings. The van der Waals surface area contributed by atoms with Gasteiger partial charge in [0.15, 0.2) is 0 Å². The van der Waals surface area contributed by atoms with Crippen LogP contribution in [0.4, 0.5) is 4.79 Å². The predicted molar refractivity (Wildman–Crippen MR) is 83.3 cm³/mol. The number of nitrogens with one attached hydrogen (secondary N) is 1. The van der Waals surface area contributed by atoms with Crippen LogP contribution in [0.2, 0.25) is 0 Å². The summed E-state index contributed by atoms with van der Waals surface area (Å²) in [7, 11) is 0. The predicted octanol–water partition coefficient (Wildman–Crippen LogP) is 3.10. The van der Waals surface area contributed by atoms with Crippen LogP contribution in [0, 0.1) is 11.3 Å². The lowest BCUT2D eigenvalue weighted by atomic mass is 9.49. The number of carbonyl (C=O) groups is 1. The van der Waals surface area contributed by atoms with Gasteiger partial charge in [-0.3, -0.25) is 0 Å². The highest BCUT2D eigenvalue weighted by molar-refractivity contribution is 5.68. The normalized spacial score (nSPS) is 30.3. The molecule has 2 aliphatic carbocycles. The van der Waals surface area contributed by atoms with Crippen molar-refractivity contribution in [2.75, 3.05) is 0 Å². The first-order valence-electron chi connectivity index (χ1n) is 8.09. The van der Waals surface area contributed by atoms with Gasteiger partial charge >= 0.3 is 6.09 Å². The van der Waals surface area contributed by atoms with E-state index in [2.05, 4.69) is 15.3 Å². The standard InChI is InChI=1S/C17H25N3O2/c1-16(2,3)22-15(21)20-13-10-17(11-13)8-12(9-17)7-14-18-5-4-6-19-14/h4-6,12-13H,7-11H2,1-3H3,(H,20,21). The van der Waals surface area contributed by atoms with Crippen molar-refractivity contribution in [2.45, 2.75) is 64.5 Å². The van der Waals surface area contributed by atoms with E-state index in [0.717, 1.165) is 25.1 Å². The number of nitrogens with zero attached hydrogens (tertiary/aromatic N) is 2. The van der Waals surface area contributed by atoms with Crippen LogP contribution in [0.3, 0.4) is 0 Å². The Kier molecular flexibility index (Phi) is 3.83. The molecule has 120 valence electrons. The summed E-state index contributed by atoms with van der Waals surface area (Å²) in [5.41, 5.74) is 0.0297.